The molecule has 1 saturated heterocycles. The topological polar surface area (TPSA) is 32.3 Å². The number of nitrogens with zero attached hydrogens (tertiary/aromatic N) is 1. The Labute approximate surface area is 73.5 Å². The van der Waals surface area contributed by atoms with Crippen LogP contribution in [0.1, 0.15) is 13.8 Å². The molecule has 1 aliphatic rings. The molecule has 1 amide bonds. The maximum atomic E-state index is 11.2. The van der Waals surface area contributed by atoms with Crippen LogP contribution in [0.5, 0.6) is 0 Å². The van der Waals surface area contributed by atoms with Crippen molar-refractivity contribution in [3.8, 4) is 0 Å². The highest BCUT2D eigenvalue weighted by Gasteiger charge is 2.22. The third-order valence-corrected chi connectivity index (χ3v) is 1.90. The molecule has 0 aromatic carbocycles. The Hall–Kier alpha value is -0.280. The molecule has 0 aliphatic carbocycles. The number of amides is 1. The van der Waals surface area contributed by atoms with Crippen LogP contribution in [0.25, 0.3) is 0 Å². The maximum Gasteiger partial charge on any atom is 0.239 e. The zero-order valence-corrected chi connectivity index (χ0v) is 7.78. The summed E-state index contributed by atoms with van der Waals surface area (Å²) in [6.45, 7) is 6.55. The SMILES string of the molecule is CCN1CCNC(C)C1=O.Cl. The van der Waals surface area contributed by atoms with Crippen molar-refractivity contribution in [1.29, 1.82) is 0 Å². The zero-order chi connectivity index (χ0) is 7.56. The molecule has 0 radical (unpaired) electrons. The van der Waals surface area contributed by atoms with Crippen molar-refractivity contribution in [2.45, 2.75) is 19.9 Å². The Bertz CT molecular complexity index is 140. The van der Waals surface area contributed by atoms with Gasteiger partial charge in [0.25, 0.3) is 0 Å². The van der Waals surface area contributed by atoms with E-state index in [2.05, 4.69) is 5.32 Å². The van der Waals surface area contributed by atoms with E-state index in [9.17, 15) is 4.79 Å². The molecule has 1 unspecified atom stereocenters. The maximum absolute atomic E-state index is 11.2. The summed E-state index contributed by atoms with van der Waals surface area (Å²) in [5.41, 5.74) is 0. The lowest BCUT2D eigenvalue weighted by Gasteiger charge is -2.30. The van der Waals surface area contributed by atoms with Crippen LogP contribution in [0.3, 0.4) is 0 Å². The van der Waals surface area contributed by atoms with Crippen molar-refractivity contribution < 1.29 is 4.79 Å². The second kappa shape index (κ2) is 4.57. The van der Waals surface area contributed by atoms with E-state index in [4.69, 9.17) is 0 Å². The Balaban J connectivity index is 0.000001000. The van der Waals surface area contributed by atoms with Crippen molar-refractivity contribution in [3.05, 3.63) is 0 Å². The number of rotatable bonds is 1. The van der Waals surface area contributed by atoms with Crippen molar-refractivity contribution in [1.82, 2.24) is 10.2 Å². The summed E-state index contributed by atoms with van der Waals surface area (Å²) in [7, 11) is 0. The zero-order valence-electron chi connectivity index (χ0n) is 6.96. The molecule has 3 nitrogen and oxygen atoms in total. The third kappa shape index (κ3) is 2.34. The molecule has 0 spiro atoms. The molecule has 1 rings (SSSR count). The first-order valence-corrected chi connectivity index (χ1v) is 3.78. The molecule has 1 N–H and O–H groups in total. The van der Waals surface area contributed by atoms with Gasteiger partial charge in [0.1, 0.15) is 0 Å². The van der Waals surface area contributed by atoms with E-state index in [1.807, 2.05) is 18.7 Å². The Morgan fingerprint density at radius 3 is 2.82 bits per heavy atom. The molecule has 11 heavy (non-hydrogen) atoms. The molecule has 66 valence electrons. The third-order valence-electron chi connectivity index (χ3n) is 1.90. The summed E-state index contributed by atoms with van der Waals surface area (Å²) >= 11 is 0. The van der Waals surface area contributed by atoms with Gasteiger partial charge in [0.15, 0.2) is 0 Å². The van der Waals surface area contributed by atoms with Gasteiger partial charge in [-0.1, -0.05) is 0 Å². The number of likely N-dealkylation sites (N-methyl/N-ethyl adjacent to an activating group) is 1. The number of halogens is 1. The van der Waals surface area contributed by atoms with E-state index in [1.165, 1.54) is 0 Å². The summed E-state index contributed by atoms with van der Waals surface area (Å²) in [5, 5.41) is 3.10. The molecule has 0 aromatic heterocycles. The van der Waals surface area contributed by atoms with Crippen LogP contribution in [-0.4, -0.2) is 36.5 Å². The Morgan fingerprint density at radius 2 is 2.36 bits per heavy atom. The minimum Gasteiger partial charge on any atom is -0.340 e. The van der Waals surface area contributed by atoms with Crippen molar-refractivity contribution >= 4 is 18.3 Å². The van der Waals surface area contributed by atoms with E-state index < -0.39 is 0 Å². The monoisotopic (exact) mass is 178 g/mol. The van der Waals surface area contributed by atoms with Crippen LogP contribution in [0, 0.1) is 0 Å². The number of carbonyl (C=O) groups is 1. The summed E-state index contributed by atoms with van der Waals surface area (Å²) < 4.78 is 0. The van der Waals surface area contributed by atoms with Crippen LogP contribution in [0.4, 0.5) is 0 Å². The first kappa shape index (κ1) is 10.7. The van der Waals surface area contributed by atoms with E-state index >= 15 is 0 Å². The summed E-state index contributed by atoms with van der Waals surface area (Å²) in [6.07, 6.45) is 0. The highest BCUT2D eigenvalue weighted by atomic mass is 35.5. The van der Waals surface area contributed by atoms with Gasteiger partial charge in [-0.05, 0) is 13.8 Å². The first-order valence-electron chi connectivity index (χ1n) is 3.78. The number of piperazine rings is 1. The number of carbonyl (C=O) groups excluding carboxylic acids is 1. The second-order valence-electron chi connectivity index (χ2n) is 2.59. The minimum atomic E-state index is 0. The average Bonchev–Trinajstić information content (AvgIpc) is 1.95. The van der Waals surface area contributed by atoms with Gasteiger partial charge in [0, 0.05) is 19.6 Å². The molecular formula is C7H15ClN2O. The van der Waals surface area contributed by atoms with Gasteiger partial charge >= 0.3 is 0 Å². The van der Waals surface area contributed by atoms with Gasteiger partial charge in [-0.2, -0.15) is 0 Å². The van der Waals surface area contributed by atoms with E-state index in [1.54, 1.807) is 0 Å². The van der Waals surface area contributed by atoms with Crippen molar-refractivity contribution in [2.24, 2.45) is 0 Å². The van der Waals surface area contributed by atoms with Crippen LogP contribution in [0.2, 0.25) is 0 Å². The van der Waals surface area contributed by atoms with Gasteiger partial charge in [0.05, 0.1) is 6.04 Å². The smallest absolute Gasteiger partial charge is 0.239 e. The van der Waals surface area contributed by atoms with Crippen LogP contribution < -0.4 is 5.32 Å². The largest absolute Gasteiger partial charge is 0.340 e. The fourth-order valence-corrected chi connectivity index (χ4v) is 1.20. The predicted octanol–water partition coefficient (Wildman–Crippen LogP) is 0.248. The van der Waals surface area contributed by atoms with Gasteiger partial charge < -0.3 is 10.2 Å². The van der Waals surface area contributed by atoms with Crippen LogP contribution in [-0.2, 0) is 4.79 Å². The lowest BCUT2D eigenvalue weighted by atomic mass is 10.2. The average molecular weight is 179 g/mol. The van der Waals surface area contributed by atoms with E-state index in [-0.39, 0.29) is 24.4 Å². The summed E-state index contributed by atoms with van der Waals surface area (Å²) in [6, 6.07) is 0.0219. The fraction of sp³-hybridized carbons (Fsp3) is 0.857. The minimum absolute atomic E-state index is 0. The van der Waals surface area contributed by atoms with Crippen LogP contribution >= 0.6 is 12.4 Å². The molecule has 1 heterocycles. The molecule has 4 heteroatoms. The number of hydrogen-bond donors (Lipinski definition) is 1. The van der Waals surface area contributed by atoms with E-state index in [0.717, 1.165) is 19.6 Å². The van der Waals surface area contributed by atoms with Crippen molar-refractivity contribution in [2.75, 3.05) is 19.6 Å². The standard InChI is InChI=1S/C7H14N2O.ClH/c1-3-9-5-4-8-6(2)7(9)10;/h6,8H,3-5H2,1-2H3;1H. The molecule has 1 fully saturated rings. The Morgan fingerprint density at radius 1 is 1.73 bits per heavy atom. The normalized spacial score (nSPS) is 24.7. The lowest BCUT2D eigenvalue weighted by molar-refractivity contribution is -0.134. The van der Waals surface area contributed by atoms with E-state index in [0.29, 0.717) is 0 Å². The molecule has 0 saturated carbocycles. The quantitative estimate of drug-likeness (QED) is 0.625. The first-order chi connectivity index (χ1) is 4.75. The number of hydrogen-bond acceptors (Lipinski definition) is 2. The molecule has 0 aromatic rings. The van der Waals surface area contributed by atoms with Gasteiger partial charge in [-0.25, -0.2) is 0 Å². The lowest BCUT2D eigenvalue weighted by Crippen LogP contribution is -2.53. The Kier molecular flexibility index (Phi) is 4.45. The van der Waals surface area contributed by atoms with Gasteiger partial charge in [-0.3, -0.25) is 4.79 Å². The molecule has 1 aliphatic heterocycles. The summed E-state index contributed by atoms with van der Waals surface area (Å²) in [4.78, 5) is 13.1. The highest BCUT2D eigenvalue weighted by molar-refractivity contribution is 5.85. The molecular weight excluding hydrogens is 164 g/mol. The molecule has 1 atom stereocenters. The fourth-order valence-electron chi connectivity index (χ4n) is 1.20. The van der Waals surface area contributed by atoms with Gasteiger partial charge in [-0.15, -0.1) is 12.4 Å². The van der Waals surface area contributed by atoms with Gasteiger partial charge in [0.2, 0.25) is 5.91 Å². The molecule has 0 bridgehead atoms. The number of nitrogens with one attached hydrogen (secondary N) is 1. The summed E-state index contributed by atoms with van der Waals surface area (Å²) in [5.74, 6) is 0.230. The van der Waals surface area contributed by atoms with Crippen LogP contribution in [0.15, 0.2) is 0 Å². The van der Waals surface area contributed by atoms with Crippen molar-refractivity contribution in [3.63, 3.8) is 0 Å². The second-order valence-corrected chi connectivity index (χ2v) is 2.59. The predicted molar refractivity (Wildman–Crippen MR) is 47.0 cm³/mol. The highest BCUT2D eigenvalue weighted by Crippen LogP contribution is 1.98.